The Hall–Kier alpha value is -2.48. The van der Waals surface area contributed by atoms with Crippen LogP contribution in [0, 0.1) is 10.1 Å². The van der Waals surface area contributed by atoms with E-state index in [0.29, 0.717) is 38.3 Å². The Kier molecular flexibility index (Phi) is 5.05. The first-order chi connectivity index (χ1) is 10.6. The van der Waals surface area contributed by atoms with Crippen molar-refractivity contribution in [3.05, 3.63) is 33.4 Å². The summed E-state index contributed by atoms with van der Waals surface area (Å²) in [6.07, 6.45) is 0.419. The molecular weight excluding hydrogens is 292 g/mol. The van der Waals surface area contributed by atoms with E-state index in [2.05, 4.69) is 0 Å². The van der Waals surface area contributed by atoms with Crippen molar-refractivity contribution in [1.82, 2.24) is 0 Å². The Bertz CT molecular complexity index is 595. The number of anilines is 1. The summed E-state index contributed by atoms with van der Waals surface area (Å²) >= 11 is 0. The fourth-order valence-corrected chi connectivity index (χ4v) is 2.28. The number of aldehydes is 1. The fourth-order valence-electron chi connectivity index (χ4n) is 2.28. The largest absolute Gasteiger partial charge is 0.462 e. The average Bonchev–Trinajstić information content (AvgIpc) is 2.54. The number of hydrogen-bond donors (Lipinski definition) is 0. The van der Waals surface area contributed by atoms with Gasteiger partial charge in [-0.25, -0.2) is 4.79 Å². The molecule has 1 aliphatic rings. The molecule has 0 bridgehead atoms. The van der Waals surface area contributed by atoms with Gasteiger partial charge in [0.15, 0.2) is 6.29 Å². The molecule has 1 aliphatic heterocycles. The highest BCUT2D eigenvalue weighted by atomic mass is 16.6. The summed E-state index contributed by atoms with van der Waals surface area (Å²) in [7, 11) is 0. The average molecular weight is 308 g/mol. The van der Waals surface area contributed by atoms with Crippen LogP contribution in [0.5, 0.6) is 0 Å². The molecule has 0 radical (unpaired) electrons. The van der Waals surface area contributed by atoms with Gasteiger partial charge in [0, 0.05) is 24.7 Å². The lowest BCUT2D eigenvalue weighted by molar-refractivity contribution is -0.384. The first-order valence-corrected chi connectivity index (χ1v) is 6.86. The molecule has 8 heteroatoms. The van der Waals surface area contributed by atoms with Gasteiger partial charge < -0.3 is 14.4 Å². The van der Waals surface area contributed by atoms with Gasteiger partial charge in [-0.3, -0.25) is 14.9 Å². The van der Waals surface area contributed by atoms with Crippen molar-refractivity contribution in [1.29, 1.82) is 0 Å². The molecule has 0 unspecified atom stereocenters. The van der Waals surface area contributed by atoms with E-state index in [0.717, 1.165) is 6.07 Å². The summed E-state index contributed by atoms with van der Waals surface area (Å²) in [5.74, 6) is -0.672. The molecule has 0 aliphatic carbocycles. The Morgan fingerprint density at radius 3 is 2.68 bits per heavy atom. The molecule has 0 N–H and O–H groups in total. The van der Waals surface area contributed by atoms with Gasteiger partial charge in [0.1, 0.15) is 5.69 Å². The zero-order valence-electron chi connectivity index (χ0n) is 12.1. The number of carbonyl (C=O) groups is 2. The lowest BCUT2D eigenvalue weighted by atomic mass is 10.0. The van der Waals surface area contributed by atoms with E-state index in [1.165, 1.54) is 6.07 Å². The Balaban J connectivity index is 2.53. The third-order valence-electron chi connectivity index (χ3n) is 3.32. The fraction of sp³-hybridized carbons (Fsp3) is 0.429. The lowest BCUT2D eigenvalue weighted by Gasteiger charge is -2.28. The van der Waals surface area contributed by atoms with Crippen LogP contribution >= 0.6 is 0 Å². The number of carbonyl (C=O) groups excluding carboxylic acids is 2. The van der Waals surface area contributed by atoms with Gasteiger partial charge >= 0.3 is 5.97 Å². The first kappa shape index (κ1) is 15.9. The summed E-state index contributed by atoms with van der Waals surface area (Å²) < 4.78 is 10.1. The van der Waals surface area contributed by atoms with E-state index < -0.39 is 10.9 Å². The van der Waals surface area contributed by atoms with Crippen LogP contribution in [0.25, 0.3) is 0 Å². The number of nitrogens with zero attached hydrogens (tertiary/aromatic N) is 2. The van der Waals surface area contributed by atoms with Crippen LogP contribution in [-0.4, -0.2) is 50.1 Å². The highest BCUT2D eigenvalue weighted by Crippen LogP contribution is 2.32. The maximum Gasteiger partial charge on any atom is 0.338 e. The van der Waals surface area contributed by atoms with Crippen molar-refractivity contribution < 1.29 is 24.0 Å². The second kappa shape index (κ2) is 6.99. The molecule has 118 valence electrons. The van der Waals surface area contributed by atoms with Crippen LogP contribution in [-0.2, 0) is 9.47 Å². The monoisotopic (exact) mass is 308 g/mol. The molecule has 0 aromatic heterocycles. The Morgan fingerprint density at radius 1 is 1.45 bits per heavy atom. The van der Waals surface area contributed by atoms with E-state index in [-0.39, 0.29) is 23.4 Å². The van der Waals surface area contributed by atoms with E-state index in [9.17, 15) is 19.7 Å². The van der Waals surface area contributed by atoms with Crippen molar-refractivity contribution in [2.75, 3.05) is 37.8 Å². The third-order valence-corrected chi connectivity index (χ3v) is 3.32. The molecule has 1 heterocycles. The second-order valence-electron chi connectivity index (χ2n) is 4.62. The normalized spacial score (nSPS) is 14.5. The molecule has 0 saturated carbocycles. The topological polar surface area (TPSA) is 99.0 Å². The van der Waals surface area contributed by atoms with Gasteiger partial charge in [-0.2, -0.15) is 0 Å². The zero-order chi connectivity index (χ0) is 16.1. The van der Waals surface area contributed by atoms with Crippen LogP contribution in [0.4, 0.5) is 11.4 Å². The summed E-state index contributed by atoms with van der Waals surface area (Å²) in [5, 5.41) is 11.3. The molecule has 1 aromatic carbocycles. The van der Waals surface area contributed by atoms with Gasteiger partial charge in [0.2, 0.25) is 0 Å². The van der Waals surface area contributed by atoms with Gasteiger partial charge in [0.25, 0.3) is 5.69 Å². The maximum absolute atomic E-state index is 11.9. The number of esters is 1. The molecule has 22 heavy (non-hydrogen) atoms. The third kappa shape index (κ3) is 3.22. The summed E-state index contributed by atoms with van der Waals surface area (Å²) in [6, 6.07) is 2.47. The lowest BCUT2D eigenvalue weighted by Crippen LogP contribution is -2.36. The van der Waals surface area contributed by atoms with Crippen LogP contribution < -0.4 is 4.90 Å². The quantitative estimate of drug-likeness (QED) is 0.351. The minimum Gasteiger partial charge on any atom is -0.462 e. The van der Waals surface area contributed by atoms with Crippen LogP contribution in [0.1, 0.15) is 27.6 Å². The minimum absolute atomic E-state index is 0.0314. The number of hydrogen-bond acceptors (Lipinski definition) is 7. The minimum atomic E-state index is -0.672. The van der Waals surface area contributed by atoms with Crippen molar-refractivity contribution in [2.24, 2.45) is 0 Å². The van der Waals surface area contributed by atoms with Crippen molar-refractivity contribution in [2.45, 2.75) is 6.92 Å². The number of nitro benzene ring substituents is 1. The highest BCUT2D eigenvalue weighted by molar-refractivity contribution is 6.00. The van der Waals surface area contributed by atoms with Crippen LogP contribution in [0.2, 0.25) is 0 Å². The Labute approximate surface area is 126 Å². The molecule has 0 atom stereocenters. The molecule has 1 aromatic rings. The van der Waals surface area contributed by atoms with Crippen molar-refractivity contribution in [3.8, 4) is 0 Å². The number of morpholine rings is 1. The Morgan fingerprint density at radius 2 is 2.14 bits per heavy atom. The predicted octanol–water partition coefficient (Wildman–Crippen LogP) is 1.42. The van der Waals surface area contributed by atoms with E-state index in [4.69, 9.17) is 9.47 Å². The molecule has 8 nitrogen and oxygen atoms in total. The smallest absolute Gasteiger partial charge is 0.338 e. The van der Waals surface area contributed by atoms with Gasteiger partial charge in [0.05, 0.1) is 30.3 Å². The van der Waals surface area contributed by atoms with Crippen LogP contribution in [0.3, 0.4) is 0 Å². The van der Waals surface area contributed by atoms with Gasteiger partial charge in [-0.05, 0) is 13.0 Å². The van der Waals surface area contributed by atoms with Crippen LogP contribution in [0.15, 0.2) is 12.1 Å². The molecular formula is C14H16N2O6. The molecule has 1 saturated heterocycles. The maximum atomic E-state index is 11.9. The summed E-state index contributed by atoms with van der Waals surface area (Å²) in [4.78, 5) is 35.5. The molecule has 0 amide bonds. The van der Waals surface area contributed by atoms with Crippen molar-refractivity contribution in [3.63, 3.8) is 0 Å². The molecule has 1 fully saturated rings. The SMILES string of the molecule is CCOC(=O)c1cc(N2CCOCC2)c([N+](=O)[O-])cc1C=O. The van der Waals surface area contributed by atoms with E-state index >= 15 is 0 Å². The summed E-state index contributed by atoms with van der Waals surface area (Å²) in [5.41, 5.74) is 0.0603. The first-order valence-electron chi connectivity index (χ1n) is 6.86. The van der Waals surface area contributed by atoms with E-state index in [1.807, 2.05) is 0 Å². The number of rotatable bonds is 5. The summed E-state index contributed by atoms with van der Waals surface area (Å²) in [6.45, 7) is 3.64. The van der Waals surface area contributed by atoms with E-state index in [1.54, 1.807) is 11.8 Å². The van der Waals surface area contributed by atoms with Crippen molar-refractivity contribution >= 4 is 23.6 Å². The number of ether oxygens (including phenoxy) is 2. The molecule has 0 spiro atoms. The standard InChI is InChI=1S/C14H16N2O6/c1-2-22-14(18)11-8-12(15-3-5-21-6-4-15)13(16(19)20)7-10(11)9-17/h7-9H,2-6H2,1H3. The van der Waals surface area contributed by atoms with Gasteiger partial charge in [-0.15, -0.1) is 0 Å². The number of benzene rings is 1. The predicted molar refractivity (Wildman–Crippen MR) is 77.5 cm³/mol. The van der Waals surface area contributed by atoms with Gasteiger partial charge in [-0.1, -0.05) is 0 Å². The second-order valence-corrected chi connectivity index (χ2v) is 4.62. The number of nitro groups is 1. The molecule has 2 rings (SSSR count). The zero-order valence-corrected chi connectivity index (χ0v) is 12.1. The highest BCUT2D eigenvalue weighted by Gasteiger charge is 2.26.